The molecule has 0 aromatic heterocycles. The number of benzene rings is 3. The van der Waals surface area contributed by atoms with Gasteiger partial charge in [-0.1, -0.05) is 91.0 Å². The fourth-order valence-corrected chi connectivity index (χ4v) is 4.21. The normalized spacial score (nSPS) is 19.3. The Kier molecular flexibility index (Phi) is 6.14. The minimum atomic E-state index is -1.09. The summed E-state index contributed by atoms with van der Waals surface area (Å²) in [4.78, 5) is 29.4. The van der Waals surface area contributed by atoms with Crippen LogP contribution < -0.4 is 10.2 Å². The maximum absolute atomic E-state index is 13.8. The molecule has 1 saturated heterocycles. The Morgan fingerprint density at radius 2 is 1.35 bits per heavy atom. The van der Waals surface area contributed by atoms with Crippen LogP contribution in [0.1, 0.15) is 23.6 Å². The topological polar surface area (TPSA) is 53.9 Å². The molecule has 0 spiro atoms. The molecule has 3 aromatic carbocycles. The highest BCUT2D eigenvalue weighted by molar-refractivity contribution is 6.07. The molecule has 1 aliphatic rings. The van der Waals surface area contributed by atoms with Gasteiger partial charge < -0.3 is 10.2 Å². The van der Waals surface area contributed by atoms with Crippen LogP contribution in [0.15, 0.2) is 91.0 Å². The molecule has 31 heavy (non-hydrogen) atoms. The standard InChI is InChI=1S/C26H27N3O2/c1-2-28(19-22-14-8-4-9-15-22)20-29-24(30)26(27-25(29)31,23-16-10-5-11-17-23)18-21-12-6-3-7-13-21/h3-17H,2,18-20H2,1H3,(H,27,31)/p+1/t26-/m0/s1. The molecule has 5 heteroatoms. The molecule has 0 radical (unpaired) electrons. The first kappa shape index (κ1) is 20.8. The summed E-state index contributed by atoms with van der Waals surface area (Å²) >= 11 is 0. The predicted molar refractivity (Wildman–Crippen MR) is 120 cm³/mol. The molecule has 5 nitrogen and oxygen atoms in total. The van der Waals surface area contributed by atoms with E-state index in [0.717, 1.165) is 29.1 Å². The van der Waals surface area contributed by atoms with Crippen LogP contribution in [0, 0.1) is 0 Å². The van der Waals surface area contributed by atoms with Crippen molar-refractivity contribution in [3.05, 3.63) is 108 Å². The molecule has 0 aliphatic carbocycles. The van der Waals surface area contributed by atoms with E-state index in [0.29, 0.717) is 13.1 Å². The Labute approximate surface area is 183 Å². The third kappa shape index (κ3) is 4.37. The zero-order valence-electron chi connectivity index (χ0n) is 17.8. The number of hydrogen-bond donors (Lipinski definition) is 2. The molecule has 3 aromatic rings. The highest BCUT2D eigenvalue weighted by Crippen LogP contribution is 2.32. The minimum absolute atomic E-state index is 0.188. The fraction of sp³-hybridized carbons (Fsp3) is 0.231. The van der Waals surface area contributed by atoms with Gasteiger partial charge in [0.15, 0.2) is 12.2 Å². The molecule has 1 unspecified atom stereocenters. The summed E-state index contributed by atoms with van der Waals surface area (Å²) in [5, 5.41) is 3.05. The number of urea groups is 1. The monoisotopic (exact) mass is 414 g/mol. The van der Waals surface area contributed by atoms with Crippen molar-refractivity contribution in [1.82, 2.24) is 10.2 Å². The largest absolute Gasteiger partial charge is 0.329 e. The van der Waals surface area contributed by atoms with E-state index in [1.807, 2.05) is 78.9 Å². The van der Waals surface area contributed by atoms with Gasteiger partial charge in [0.25, 0.3) is 5.91 Å². The molecular formula is C26H28N3O2+. The lowest BCUT2D eigenvalue weighted by molar-refractivity contribution is -0.919. The third-order valence-electron chi connectivity index (χ3n) is 5.93. The summed E-state index contributed by atoms with van der Waals surface area (Å²) in [5.74, 6) is -0.188. The van der Waals surface area contributed by atoms with Crippen LogP contribution in [0.3, 0.4) is 0 Å². The molecule has 2 N–H and O–H groups in total. The smallest absolute Gasteiger partial charge is 0.319 e. The summed E-state index contributed by atoms with van der Waals surface area (Å²) in [6.45, 7) is 3.97. The minimum Gasteiger partial charge on any atom is -0.319 e. The molecule has 3 amide bonds. The highest BCUT2D eigenvalue weighted by Gasteiger charge is 2.53. The first-order valence-electron chi connectivity index (χ1n) is 10.7. The molecule has 158 valence electrons. The summed E-state index contributed by atoms with van der Waals surface area (Å²) in [6, 6.07) is 29.2. The number of amides is 3. The maximum Gasteiger partial charge on any atom is 0.329 e. The van der Waals surface area contributed by atoms with E-state index < -0.39 is 5.54 Å². The molecule has 1 fully saturated rings. The van der Waals surface area contributed by atoms with E-state index >= 15 is 0 Å². The Bertz CT molecular complexity index is 1020. The van der Waals surface area contributed by atoms with Crippen LogP contribution >= 0.6 is 0 Å². The van der Waals surface area contributed by atoms with Gasteiger partial charge in [0, 0.05) is 12.0 Å². The van der Waals surface area contributed by atoms with Crippen LogP contribution in [0.2, 0.25) is 0 Å². The Hall–Kier alpha value is -3.44. The van der Waals surface area contributed by atoms with Crippen LogP contribution in [-0.4, -0.2) is 30.1 Å². The lowest BCUT2D eigenvalue weighted by Crippen LogP contribution is -3.12. The molecule has 1 heterocycles. The van der Waals surface area contributed by atoms with E-state index in [1.165, 1.54) is 10.5 Å². The van der Waals surface area contributed by atoms with Crippen LogP contribution in [-0.2, 0) is 23.3 Å². The van der Waals surface area contributed by atoms with Gasteiger partial charge in [-0.15, -0.1) is 0 Å². The number of quaternary nitrogens is 1. The van der Waals surface area contributed by atoms with Crippen molar-refractivity contribution in [2.24, 2.45) is 0 Å². The molecule has 0 saturated carbocycles. The van der Waals surface area contributed by atoms with Crippen molar-refractivity contribution in [2.45, 2.75) is 25.4 Å². The zero-order chi connectivity index (χ0) is 21.7. The fourth-order valence-electron chi connectivity index (χ4n) is 4.21. The van der Waals surface area contributed by atoms with Gasteiger partial charge in [0.05, 0.1) is 6.54 Å². The summed E-state index contributed by atoms with van der Waals surface area (Å²) in [7, 11) is 0. The van der Waals surface area contributed by atoms with Crippen molar-refractivity contribution in [3.63, 3.8) is 0 Å². The summed E-state index contributed by atoms with van der Waals surface area (Å²) in [6.07, 6.45) is 0.416. The Morgan fingerprint density at radius 3 is 1.94 bits per heavy atom. The Balaban J connectivity index is 1.62. The molecule has 1 aliphatic heterocycles. The van der Waals surface area contributed by atoms with E-state index in [9.17, 15) is 9.59 Å². The van der Waals surface area contributed by atoms with Gasteiger partial charge in [-0.05, 0) is 18.1 Å². The number of hydrogen-bond acceptors (Lipinski definition) is 2. The van der Waals surface area contributed by atoms with Gasteiger partial charge in [-0.2, -0.15) is 0 Å². The van der Waals surface area contributed by atoms with Crippen molar-refractivity contribution in [2.75, 3.05) is 13.2 Å². The second kappa shape index (κ2) is 9.14. The van der Waals surface area contributed by atoms with Gasteiger partial charge in [0.1, 0.15) is 6.54 Å². The first-order valence-corrected chi connectivity index (χ1v) is 10.7. The lowest BCUT2D eigenvalue weighted by atomic mass is 9.83. The molecule has 0 bridgehead atoms. The van der Waals surface area contributed by atoms with Crippen molar-refractivity contribution < 1.29 is 14.5 Å². The van der Waals surface area contributed by atoms with Crippen LogP contribution in [0.4, 0.5) is 4.79 Å². The summed E-state index contributed by atoms with van der Waals surface area (Å²) in [5.41, 5.74) is 1.90. The number of nitrogens with zero attached hydrogens (tertiary/aromatic N) is 1. The van der Waals surface area contributed by atoms with Crippen LogP contribution in [0.25, 0.3) is 0 Å². The maximum atomic E-state index is 13.8. The average molecular weight is 415 g/mol. The SMILES string of the molecule is CC[NH+](Cc1ccccc1)CN1C(=O)N[C@@](Cc2ccccc2)(c2ccccc2)C1=O. The van der Waals surface area contributed by atoms with E-state index in [2.05, 4.69) is 24.4 Å². The molecular weight excluding hydrogens is 386 g/mol. The van der Waals surface area contributed by atoms with Crippen LogP contribution in [0.5, 0.6) is 0 Å². The van der Waals surface area contributed by atoms with Gasteiger partial charge in [-0.25, -0.2) is 9.69 Å². The van der Waals surface area contributed by atoms with Crippen molar-refractivity contribution in [3.8, 4) is 0 Å². The number of nitrogens with one attached hydrogen (secondary N) is 2. The van der Waals surface area contributed by atoms with Gasteiger partial charge in [-0.3, -0.25) is 4.79 Å². The second-order valence-corrected chi connectivity index (χ2v) is 8.02. The number of imide groups is 1. The van der Waals surface area contributed by atoms with E-state index in [1.54, 1.807) is 0 Å². The quantitative estimate of drug-likeness (QED) is 0.557. The van der Waals surface area contributed by atoms with Crippen molar-refractivity contribution in [1.29, 1.82) is 0 Å². The number of rotatable bonds is 8. The molecule has 2 atom stereocenters. The van der Waals surface area contributed by atoms with Gasteiger partial charge >= 0.3 is 6.03 Å². The predicted octanol–water partition coefficient (Wildman–Crippen LogP) is 2.74. The second-order valence-electron chi connectivity index (χ2n) is 8.02. The Morgan fingerprint density at radius 1 is 0.806 bits per heavy atom. The van der Waals surface area contributed by atoms with E-state index in [4.69, 9.17) is 0 Å². The summed E-state index contributed by atoms with van der Waals surface area (Å²) < 4.78 is 0. The first-order chi connectivity index (χ1) is 15.1. The highest BCUT2D eigenvalue weighted by atomic mass is 16.2. The third-order valence-corrected chi connectivity index (χ3v) is 5.93. The zero-order valence-corrected chi connectivity index (χ0v) is 17.8. The van der Waals surface area contributed by atoms with Crippen molar-refractivity contribution >= 4 is 11.9 Å². The van der Waals surface area contributed by atoms with Gasteiger partial charge in [0.2, 0.25) is 0 Å². The van der Waals surface area contributed by atoms with E-state index in [-0.39, 0.29) is 11.9 Å². The molecule has 4 rings (SSSR count). The number of carbonyl (C=O) groups excluding carboxylic acids is 2. The average Bonchev–Trinajstić information content (AvgIpc) is 3.05. The lowest BCUT2D eigenvalue weighted by Gasteiger charge is -2.28. The number of carbonyl (C=O) groups is 2.